The third-order valence-electron chi connectivity index (χ3n) is 7.20. The van der Waals surface area contributed by atoms with Crippen molar-refractivity contribution in [2.24, 2.45) is 0 Å². The molecule has 1 N–H and O–H groups in total. The minimum Gasteiger partial charge on any atom is -0.496 e. The molecule has 204 valence electrons. The third-order valence-corrected chi connectivity index (χ3v) is 9.72. The van der Waals surface area contributed by atoms with Crippen LogP contribution in [0.2, 0.25) is 5.02 Å². The molecule has 1 heterocycles. The van der Waals surface area contributed by atoms with Gasteiger partial charge in [0.05, 0.1) is 28.9 Å². The van der Waals surface area contributed by atoms with E-state index in [0.29, 0.717) is 11.1 Å². The average molecular weight is 576 g/mol. The van der Waals surface area contributed by atoms with Crippen LogP contribution in [0.5, 0.6) is 5.75 Å². The minimum atomic E-state index is -4.09. The van der Waals surface area contributed by atoms with Crippen LogP contribution < -0.4 is 4.74 Å². The topological polar surface area (TPSA) is 101 Å². The molecule has 0 unspecified atom stereocenters. The van der Waals surface area contributed by atoms with E-state index in [9.17, 15) is 23.1 Å². The number of nitrogens with zero attached hydrogens (tertiary/aromatic N) is 1. The molecule has 1 fully saturated rings. The highest BCUT2D eigenvalue weighted by molar-refractivity contribution is 7.92. The summed E-state index contributed by atoms with van der Waals surface area (Å²) in [4.78, 5) is 28.5. The Kier molecular flexibility index (Phi) is 7.65. The molecule has 1 aliphatic rings. The zero-order valence-electron chi connectivity index (χ0n) is 21.5. The van der Waals surface area contributed by atoms with Crippen LogP contribution in [0, 0.1) is 0 Å². The predicted octanol–water partition coefficient (Wildman–Crippen LogP) is 5.90. The minimum absolute atomic E-state index is 0.0396. The fourth-order valence-electron chi connectivity index (χ4n) is 5.38. The van der Waals surface area contributed by atoms with Gasteiger partial charge in [-0.2, -0.15) is 0 Å². The Morgan fingerprint density at radius 3 is 2.12 bits per heavy atom. The first-order chi connectivity index (χ1) is 19.3. The predicted molar refractivity (Wildman–Crippen MR) is 152 cm³/mol. The molecule has 4 aromatic carbocycles. The Hall–Kier alpha value is -4.14. The maximum atomic E-state index is 14.6. The molecule has 4 aromatic rings. The molecule has 0 aliphatic carbocycles. The number of hydrogen-bond donors (Lipinski definition) is 1. The van der Waals surface area contributed by atoms with Gasteiger partial charge in [-0.1, -0.05) is 90.5 Å². The number of amides is 1. The van der Waals surface area contributed by atoms with E-state index in [-0.39, 0.29) is 27.7 Å². The summed E-state index contributed by atoms with van der Waals surface area (Å²) in [7, 11) is -2.67. The lowest BCUT2D eigenvalue weighted by Gasteiger charge is -2.32. The summed E-state index contributed by atoms with van der Waals surface area (Å²) in [6.07, 6.45) is -0.315. The highest BCUT2D eigenvalue weighted by Gasteiger charge is 2.54. The molecular weight excluding hydrogens is 550 g/mol. The molecule has 5 rings (SSSR count). The van der Waals surface area contributed by atoms with Gasteiger partial charge < -0.3 is 14.7 Å². The molecule has 0 radical (unpaired) electrons. The Bertz CT molecular complexity index is 1660. The number of aliphatic carboxylic acids is 1. The summed E-state index contributed by atoms with van der Waals surface area (Å²) < 4.78 is 33.6. The lowest BCUT2D eigenvalue weighted by atomic mass is 9.96. The summed E-state index contributed by atoms with van der Waals surface area (Å²) in [6, 6.07) is 26.1. The summed E-state index contributed by atoms with van der Waals surface area (Å²) in [6.45, 7) is 0. The van der Waals surface area contributed by atoms with Crippen molar-refractivity contribution in [3.8, 4) is 16.9 Å². The zero-order chi connectivity index (χ0) is 28.4. The van der Waals surface area contributed by atoms with Crippen LogP contribution in [0.1, 0.15) is 28.4 Å². The van der Waals surface area contributed by atoms with Gasteiger partial charge in [0.15, 0.2) is 9.84 Å². The number of ether oxygens (including phenoxy) is 1. The fourth-order valence-corrected chi connectivity index (χ4v) is 7.57. The fraction of sp³-hybridized carbons (Fsp3) is 0.161. The van der Waals surface area contributed by atoms with Gasteiger partial charge in [-0.25, -0.2) is 13.2 Å². The Balaban J connectivity index is 1.75. The van der Waals surface area contributed by atoms with Crippen molar-refractivity contribution >= 4 is 33.3 Å². The molecule has 7 nitrogen and oxygen atoms in total. The van der Waals surface area contributed by atoms with E-state index in [1.165, 1.54) is 19.2 Å². The molecular formula is C31H26ClNO6S. The highest BCUT2D eigenvalue weighted by Crippen LogP contribution is 2.46. The smallest absolute Gasteiger partial charge is 0.326 e. The van der Waals surface area contributed by atoms with Gasteiger partial charge in [0.1, 0.15) is 11.8 Å². The van der Waals surface area contributed by atoms with Crippen molar-refractivity contribution in [3.63, 3.8) is 0 Å². The molecule has 0 aromatic heterocycles. The first kappa shape index (κ1) is 27.4. The van der Waals surface area contributed by atoms with Crippen LogP contribution in [0.25, 0.3) is 11.1 Å². The van der Waals surface area contributed by atoms with Crippen molar-refractivity contribution in [1.29, 1.82) is 0 Å². The van der Waals surface area contributed by atoms with Gasteiger partial charge in [-0.05, 0) is 47.4 Å². The summed E-state index contributed by atoms with van der Waals surface area (Å²) in [5, 5.41) is 9.29. The second kappa shape index (κ2) is 11.2. The van der Waals surface area contributed by atoms with Gasteiger partial charge in [-0.15, -0.1) is 0 Å². The van der Waals surface area contributed by atoms with Crippen molar-refractivity contribution in [3.05, 3.63) is 119 Å². The van der Waals surface area contributed by atoms with E-state index in [4.69, 9.17) is 16.3 Å². The third kappa shape index (κ3) is 4.85. The van der Waals surface area contributed by atoms with E-state index in [0.717, 1.165) is 10.5 Å². The lowest BCUT2D eigenvalue weighted by molar-refractivity contribution is -0.141. The molecule has 1 amide bonds. The number of likely N-dealkylation sites (tertiary alicyclic amines) is 1. The van der Waals surface area contributed by atoms with Crippen LogP contribution in [0.15, 0.2) is 108 Å². The van der Waals surface area contributed by atoms with Gasteiger partial charge in [0.25, 0.3) is 5.91 Å². The maximum Gasteiger partial charge on any atom is 0.326 e. The molecule has 0 bridgehead atoms. The van der Waals surface area contributed by atoms with Crippen LogP contribution in [-0.4, -0.2) is 48.7 Å². The monoisotopic (exact) mass is 575 g/mol. The second-order valence-electron chi connectivity index (χ2n) is 9.41. The molecule has 1 saturated heterocycles. The highest BCUT2D eigenvalue weighted by atomic mass is 35.5. The molecule has 0 saturated carbocycles. The van der Waals surface area contributed by atoms with Crippen molar-refractivity contribution in [2.45, 2.75) is 28.6 Å². The normalized spacial score (nSPS) is 18.9. The standard InChI is InChI=1S/C31H26ClNO6S/c1-39-26-18-10-16-22(20-11-4-2-5-12-20)28(26)30(34)33-25(31(35)36)19-27(29(33)23-15-8-9-17-24(23)32)40(37,38)21-13-6-3-7-14-21/h2-18,25,27,29H,19H2,1H3,(H,35,36)/t25-,27-,29-/m0/s1. The molecule has 9 heteroatoms. The largest absolute Gasteiger partial charge is 0.496 e. The van der Waals surface area contributed by atoms with E-state index in [1.54, 1.807) is 60.7 Å². The number of carboxylic acids is 1. The summed E-state index contributed by atoms with van der Waals surface area (Å²) in [5.41, 5.74) is 1.74. The lowest BCUT2D eigenvalue weighted by Crippen LogP contribution is -2.43. The van der Waals surface area contributed by atoms with E-state index in [1.807, 2.05) is 30.3 Å². The van der Waals surface area contributed by atoms with E-state index in [2.05, 4.69) is 0 Å². The molecule has 1 aliphatic heterocycles. The summed E-state index contributed by atoms with van der Waals surface area (Å²) in [5.74, 6) is -1.74. The maximum absolute atomic E-state index is 14.6. The van der Waals surface area contributed by atoms with Crippen LogP contribution in [0.3, 0.4) is 0 Å². The number of hydrogen-bond acceptors (Lipinski definition) is 5. The number of benzene rings is 4. The average Bonchev–Trinajstić information content (AvgIpc) is 3.39. The number of sulfone groups is 1. The van der Waals surface area contributed by atoms with Crippen LogP contribution in [0.4, 0.5) is 0 Å². The zero-order valence-corrected chi connectivity index (χ0v) is 23.0. The summed E-state index contributed by atoms with van der Waals surface area (Å²) >= 11 is 6.59. The number of carboxylic acid groups (broad SMARTS) is 1. The van der Waals surface area contributed by atoms with Crippen molar-refractivity contribution < 1.29 is 27.9 Å². The Morgan fingerprint density at radius 1 is 0.875 bits per heavy atom. The van der Waals surface area contributed by atoms with Crippen LogP contribution in [-0.2, 0) is 14.6 Å². The molecule has 0 spiro atoms. The number of rotatable bonds is 7. The molecule has 40 heavy (non-hydrogen) atoms. The number of halogens is 1. The van der Waals surface area contributed by atoms with Gasteiger partial charge in [0.2, 0.25) is 0 Å². The van der Waals surface area contributed by atoms with Crippen molar-refractivity contribution in [1.82, 2.24) is 4.90 Å². The first-order valence-electron chi connectivity index (χ1n) is 12.6. The van der Waals surface area contributed by atoms with E-state index < -0.39 is 39.0 Å². The Morgan fingerprint density at radius 2 is 1.50 bits per heavy atom. The number of carbonyl (C=O) groups is 2. The second-order valence-corrected chi connectivity index (χ2v) is 12.0. The van der Waals surface area contributed by atoms with Gasteiger partial charge in [-0.3, -0.25) is 4.79 Å². The van der Waals surface area contributed by atoms with Crippen LogP contribution >= 0.6 is 11.6 Å². The van der Waals surface area contributed by atoms with E-state index >= 15 is 0 Å². The van der Waals surface area contributed by atoms with Gasteiger partial charge in [0, 0.05) is 5.02 Å². The first-order valence-corrected chi connectivity index (χ1v) is 14.5. The van der Waals surface area contributed by atoms with Gasteiger partial charge >= 0.3 is 5.97 Å². The quantitative estimate of drug-likeness (QED) is 0.294. The number of methoxy groups -OCH3 is 1. The Labute approximate surface area is 237 Å². The number of carbonyl (C=O) groups excluding carboxylic acids is 1. The van der Waals surface area contributed by atoms with Crippen molar-refractivity contribution in [2.75, 3.05) is 7.11 Å². The molecule has 3 atom stereocenters. The SMILES string of the molecule is COc1cccc(-c2ccccc2)c1C(=O)N1[C@H](C(=O)O)C[C@H](S(=O)(=O)c2ccccc2)[C@@H]1c1ccccc1Cl.